The Morgan fingerprint density at radius 2 is 1.57 bits per heavy atom. The molecule has 63 heavy (non-hydrogen) atoms. The third-order valence-corrected chi connectivity index (χ3v) is 14.5. The Balaban J connectivity index is 0.797. The Hall–Kier alpha value is -3.68. The zero-order valence-corrected chi connectivity index (χ0v) is 37.6. The molecule has 4 heterocycles. The van der Waals surface area contributed by atoms with Crippen LogP contribution in [0, 0.1) is 23.2 Å². The van der Waals surface area contributed by atoms with Crippen LogP contribution >= 0.6 is 0 Å². The van der Waals surface area contributed by atoms with Crippen LogP contribution in [-0.2, 0) is 57.2 Å². The van der Waals surface area contributed by atoms with E-state index in [1.807, 2.05) is 13.8 Å². The minimum absolute atomic E-state index is 0.00129. The van der Waals surface area contributed by atoms with E-state index in [1.54, 1.807) is 0 Å². The summed E-state index contributed by atoms with van der Waals surface area (Å²) in [7, 11) is 0. The number of cyclic esters (lactones) is 1. The van der Waals surface area contributed by atoms with Crippen molar-refractivity contribution in [2.75, 3.05) is 52.7 Å². The SMILES string of the molecule is CCC1O[C@H](CO)[C@@H](O)C[C@H]1NC(=O)CCCC(=O)NCCCNC(=O)CCOCCNC(=O)CCC(=O)O[C@@H]1C(C(C)C)C[C@@H]2O[C@@]23[C@@]2(C)CCC4=C(COC4=O)C2CO[C@]13C. The number of nitrogens with one attached hydrogen (secondary N) is 4. The van der Waals surface area contributed by atoms with Gasteiger partial charge in [0.05, 0.1) is 57.2 Å². The largest absolute Gasteiger partial charge is 0.459 e. The van der Waals surface area contributed by atoms with Crippen LogP contribution in [0.5, 0.6) is 0 Å². The van der Waals surface area contributed by atoms with Gasteiger partial charge in [0, 0.05) is 68.1 Å². The molecular weight excluding hydrogens is 821 g/mol. The van der Waals surface area contributed by atoms with E-state index in [1.165, 1.54) is 0 Å². The molecule has 0 aromatic rings. The highest BCUT2D eigenvalue weighted by molar-refractivity contribution is 5.92. The molecule has 1 spiro atoms. The predicted molar refractivity (Wildman–Crippen MR) is 224 cm³/mol. The molecule has 3 saturated heterocycles. The molecule has 4 fully saturated rings. The first kappa shape index (κ1) is 48.8. The fourth-order valence-corrected chi connectivity index (χ4v) is 11.0. The van der Waals surface area contributed by atoms with Crippen LogP contribution in [0.1, 0.15) is 112 Å². The van der Waals surface area contributed by atoms with Crippen molar-refractivity contribution in [3.8, 4) is 0 Å². The summed E-state index contributed by atoms with van der Waals surface area (Å²) in [5, 5.41) is 30.7. The van der Waals surface area contributed by atoms with E-state index in [9.17, 15) is 39.0 Å². The maximum absolute atomic E-state index is 13.4. The van der Waals surface area contributed by atoms with Gasteiger partial charge in [0.1, 0.15) is 30.0 Å². The van der Waals surface area contributed by atoms with Crippen molar-refractivity contribution in [3.05, 3.63) is 11.1 Å². The molecule has 11 atom stereocenters. The number of epoxide rings is 1. The number of hydrogen-bond acceptors (Lipinski definition) is 14. The van der Waals surface area contributed by atoms with Gasteiger partial charge in [0.2, 0.25) is 23.6 Å². The second kappa shape index (κ2) is 21.1. The molecule has 6 aliphatic rings. The Morgan fingerprint density at radius 1 is 0.873 bits per heavy atom. The second-order valence-corrected chi connectivity index (χ2v) is 18.8. The molecule has 1 saturated carbocycles. The summed E-state index contributed by atoms with van der Waals surface area (Å²) in [4.78, 5) is 75.3. The normalized spacial score (nSPS) is 34.1. The number of ether oxygens (including phenoxy) is 6. The molecule has 18 heteroatoms. The van der Waals surface area contributed by atoms with E-state index >= 15 is 0 Å². The number of esters is 2. The lowest BCUT2D eigenvalue weighted by atomic mass is 9.49. The van der Waals surface area contributed by atoms with Crippen LogP contribution in [0.2, 0.25) is 0 Å². The number of hydrogen-bond donors (Lipinski definition) is 6. The molecule has 6 N–H and O–H groups in total. The molecule has 0 radical (unpaired) electrons. The first-order chi connectivity index (χ1) is 30.1. The Kier molecular flexibility index (Phi) is 16.3. The van der Waals surface area contributed by atoms with Gasteiger partial charge in [-0.25, -0.2) is 4.79 Å². The summed E-state index contributed by atoms with van der Waals surface area (Å²) in [6, 6.07) is -0.361. The quantitative estimate of drug-likeness (QED) is 0.0509. The molecule has 2 aliphatic carbocycles. The van der Waals surface area contributed by atoms with Crippen LogP contribution in [0.4, 0.5) is 0 Å². The molecule has 18 nitrogen and oxygen atoms in total. The first-order valence-corrected chi connectivity index (χ1v) is 23.1. The minimum Gasteiger partial charge on any atom is -0.459 e. The summed E-state index contributed by atoms with van der Waals surface area (Å²) >= 11 is 0. The smallest absolute Gasteiger partial charge is 0.334 e. The lowest BCUT2D eigenvalue weighted by molar-refractivity contribution is -0.261. The van der Waals surface area contributed by atoms with E-state index in [2.05, 4.69) is 42.0 Å². The van der Waals surface area contributed by atoms with E-state index in [0.29, 0.717) is 51.8 Å². The molecule has 4 aliphatic heterocycles. The monoisotopic (exact) mass is 890 g/mol. The highest BCUT2D eigenvalue weighted by atomic mass is 16.7. The number of fused-ring (bicyclic) bond motifs is 2. The van der Waals surface area contributed by atoms with Crippen LogP contribution in [0.25, 0.3) is 0 Å². The van der Waals surface area contributed by atoms with Crippen molar-refractivity contribution in [2.45, 2.75) is 159 Å². The number of carbonyl (C=O) groups is 6. The molecule has 3 unspecified atom stereocenters. The zero-order chi connectivity index (χ0) is 45.5. The maximum atomic E-state index is 13.4. The van der Waals surface area contributed by atoms with Crippen molar-refractivity contribution < 1.29 is 67.4 Å². The summed E-state index contributed by atoms with van der Waals surface area (Å²) in [5.41, 5.74) is -0.113. The van der Waals surface area contributed by atoms with Crippen LogP contribution in [-0.4, -0.2) is 146 Å². The van der Waals surface area contributed by atoms with Crippen LogP contribution in [0.15, 0.2) is 11.1 Å². The number of aliphatic hydroxyl groups excluding tert-OH is 2. The summed E-state index contributed by atoms with van der Waals surface area (Å²) in [5.74, 6) is -1.49. The van der Waals surface area contributed by atoms with Crippen molar-refractivity contribution in [1.82, 2.24) is 21.3 Å². The van der Waals surface area contributed by atoms with Gasteiger partial charge in [-0.3, -0.25) is 24.0 Å². The number of aliphatic hydroxyl groups is 2. The summed E-state index contributed by atoms with van der Waals surface area (Å²) in [6.07, 6.45) is 1.76. The van der Waals surface area contributed by atoms with Crippen molar-refractivity contribution in [3.63, 3.8) is 0 Å². The molecule has 0 bridgehead atoms. The summed E-state index contributed by atoms with van der Waals surface area (Å²) in [6.45, 7) is 12.0. The van der Waals surface area contributed by atoms with Crippen molar-refractivity contribution in [1.29, 1.82) is 0 Å². The lowest BCUT2D eigenvalue weighted by Crippen LogP contribution is -2.72. The number of rotatable bonds is 22. The first-order valence-electron chi connectivity index (χ1n) is 23.1. The number of carbonyl (C=O) groups excluding carboxylic acids is 6. The maximum Gasteiger partial charge on any atom is 0.334 e. The second-order valence-electron chi connectivity index (χ2n) is 18.8. The molecule has 4 amide bonds. The van der Waals surface area contributed by atoms with Gasteiger partial charge in [0.15, 0.2) is 0 Å². The third-order valence-electron chi connectivity index (χ3n) is 14.5. The van der Waals surface area contributed by atoms with E-state index in [-0.39, 0.29) is 136 Å². The lowest BCUT2D eigenvalue weighted by Gasteiger charge is -2.60. The molecule has 354 valence electrons. The highest BCUT2D eigenvalue weighted by Crippen LogP contribution is 2.72. The Labute approximate surface area is 370 Å². The van der Waals surface area contributed by atoms with Gasteiger partial charge in [0.25, 0.3) is 0 Å². The molecular formula is C45H70N4O14. The van der Waals surface area contributed by atoms with Crippen molar-refractivity contribution in [2.24, 2.45) is 23.2 Å². The Bertz CT molecular complexity index is 1730. The van der Waals surface area contributed by atoms with E-state index < -0.39 is 35.5 Å². The van der Waals surface area contributed by atoms with Gasteiger partial charge < -0.3 is 59.9 Å². The summed E-state index contributed by atoms with van der Waals surface area (Å²) < 4.78 is 36.3. The van der Waals surface area contributed by atoms with Gasteiger partial charge in [-0.2, -0.15) is 0 Å². The fraction of sp³-hybridized carbons (Fsp3) is 0.822. The van der Waals surface area contributed by atoms with Crippen LogP contribution in [0.3, 0.4) is 0 Å². The highest BCUT2D eigenvalue weighted by Gasteiger charge is 2.84. The zero-order valence-electron chi connectivity index (χ0n) is 37.6. The van der Waals surface area contributed by atoms with E-state index in [4.69, 9.17) is 28.4 Å². The van der Waals surface area contributed by atoms with Gasteiger partial charge in [-0.05, 0) is 63.4 Å². The number of amides is 4. The topological polar surface area (TPSA) is 250 Å². The average Bonchev–Trinajstić information content (AvgIpc) is 3.89. The van der Waals surface area contributed by atoms with Crippen molar-refractivity contribution >= 4 is 35.6 Å². The molecule has 0 aromatic carbocycles. The van der Waals surface area contributed by atoms with Crippen LogP contribution < -0.4 is 21.3 Å². The molecule has 6 rings (SSSR count). The Morgan fingerprint density at radius 3 is 2.29 bits per heavy atom. The molecule has 0 aromatic heterocycles. The standard InChI is InChI=1S/C45H70N4O14/c1-6-33-31(22-32(51)34(23-50)61-33)49-39(55)10-7-9-36(52)46-16-8-17-47-38(54)14-19-58-20-18-48-37(53)11-12-40(56)62-41-28(26(2)3)21-35-45(63-35)43(4)15-13-27-29(24-59-42(27)57)30(43)25-60-44(41,45)5/h26,28,30-35,41,50-51H,6-25H2,1-5H3,(H,46,52)(H,47,54)(H,48,53)(H,49,55)/t28?,30?,31-,32+,33?,34-,35+,41-,43+,44-,45-/m1/s1. The third kappa shape index (κ3) is 10.6. The minimum atomic E-state index is -0.906. The van der Waals surface area contributed by atoms with Gasteiger partial charge in [-0.1, -0.05) is 27.7 Å². The predicted octanol–water partition coefficient (Wildman–Crippen LogP) is 1.27. The fourth-order valence-electron chi connectivity index (χ4n) is 11.0. The van der Waals surface area contributed by atoms with E-state index in [0.717, 1.165) is 24.0 Å². The van der Waals surface area contributed by atoms with Gasteiger partial charge in [-0.15, -0.1) is 0 Å². The average molecular weight is 891 g/mol. The van der Waals surface area contributed by atoms with Gasteiger partial charge >= 0.3 is 11.9 Å².